The van der Waals surface area contributed by atoms with E-state index < -0.39 is 0 Å². The van der Waals surface area contributed by atoms with Crippen molar-refractivity contribution in [3.63, 3.8) is 0 Å². The lowest BCUT2D eigenvalue weighted by Crippen LogP contribution is -2.00. The highest BCUT2D eigenvalue weighted by Gasteiger charge is 2.02. The first kappa shape index (κ1) is 16.4. The van der Waals surface area contributed by atoms with E-state index in [1.165, 1.54) is 12.7 Å². The van der Waals surface area contributed by atoms with E-state index in [1.54, 1.807) is 12.1 Å². The molecule has 4 heteroatoms. The van der Waals surface area contributed by atoms with Crippen molar-refractivity contribution in [1.29, 1.82) is 0 Å². The lowest BCUT2D eigenvalue weighted by atomic mass is 10.1. The Morgan fingerprint density at radius 2 is 1.71 bits per heavy atom. The zero-order valence-corrected chi connectivity index (χ0v) is 12.4. The van der Waals surface area contributed by atoms with Crippen LogP contribution in [0.4, 0.5) is 5.69 Å². The van der Waals surface area contributed by atoms with Crippen LogP contribution in [0, 0.1) is 13.8 Å². The van der Waals surface area contributed by atoms with Crippen molar-refractivity contribution < 1.29 is 14.3 Å². The minimum Gasteiger partial charge on any atom is -0.465 e. The maximum atomic E-state index is 10.9. The van der Waals surface area contributed by atoms with Crippen LogP contribution in [0.3, 0.4) is 0 Å². The van der Waals surface area contributed by atoms with Crippen LogP contribution in [-0.4, -0.2) is 19.5 Å². The van der Waals surface area contributed by atoms with Gasteiger partial charge in [0.05, 0.1) is 12.7 Å². The molecule has 0 atom stereocenters. The molecule has 0 aromatic heterocycles. The van der Waals surface area contributed by atoms with E-state index in [0.717, 1.165) is 11.3 Å². The van der Waals surface area contributed by atoms with Crippen molar-refractivity contribution >= 4 is 18.1 Å². The quantitative estimate of drug-likeness (QED) is 0.695. The van der Waals surface area contributed by atoms with E-state index >= 15 is 0 Å². The summed E-state index contributed by atoms with van der Waals surface area (Å²) in [6, 6.07) is 14.9. The zero-order chi connectivity index (χ0) is 15.7. The number of hydrogen-bond acceptors (Lipinski definition) is 3. The molecule has 4 nitrogen and oxygen atoms in total. The summed E-state index contributed by atoms with van der Waals surface area (Å²) in [5, 5.41) is 2.55. The summed E-state index contributed by atoms with van der Waals surface area (Å²) < 4.78 is 4.55. The van der Waals surface area contributed by atoms with Gasteiger partial charge in [0.15, 0.2) is 0 Å². The number of benzene rings is 2. The lowest BCUT2D eigenvalue weighted by molar-refractivity contribution is -0.105. The molecule has 0 fully saturated rings. The van der Waals surface area contributed by atoms with Crippen molar-refractivity contribution in [2.24, 2.45) is 0 Å². The number of methoxy groups -OCH3 is 1. The molecular formula is C17H19NO3. The van der Waals surface area contributed by atoms with E-state index in [0.29, 0.717) is 12.0 Å². The number of carbonyl (C=O) groups excluding carboxylic acids is 2. The van der Waals surface area contributed by atoms with Gasteiger partial charge in [-0.3, -0.25) is 4.79 Å². The number of amides is 1. The Morgan fingerprint density at radius 3 is 2.24 bits per heavy atom. The normalized spacial score (nSPS) is 9.10. The van der Waals surface area contributed by atoms with Gasteiger partial charge in [-0.1, -0.05) is 35.4 Å². The molecule has 0 aliphatic carbocycles. The van der Waals surface area contributed by atoms with Crippen LogP contribution >= 0.6 is 0 Å². The first-order valence-corrected chi connectivity index (χ1v) is 6.48. The van der Waals surface area contributed by atoms with Gasteiger partial charge in [-0.05, 0) is 38.1 Å². The van der Waals surface area contributed by atoms with E-state index in [2.05, 4.69) is 10.1 Å². The molecule has 1 amide bonds. The lowest BCUT2D eigenvalue weighted by Gasteiger charge is -1.98. The molecule has 0 radical (unpaired) electrons. The first-order chi connectivity index (χ1) is 10.1. The Kier molecular flexibility index (Phi) is 6.68. The number of ether oxygens (including phenoxy) is 1. The van der Waals surface area contributed by atoms with Crippen LogP contribution in [0.1, 0.15) is 21.5 Å². The van der Waals surface area contributed by atoms with Crippen LogP contribution in [-0.2, 0) is 9.53 Å². The van der Waals surface area contributed by atoms with Gasteiger partial charge in [-0.25, -0.2) is 4.79 Å². The van der Waals surface area contributed by atoms with Gasteiger partial charge in [0.25, 0.3) is 0 Å². The molecule has 2 aromatic carbocycles. The summed E-state index contributed by atoms with van der Waals surface area (Å²) in [4.78, 5) is 20.9. The maximum Gasteiger partial charge on any atom is 0.337 e. The highest BCUT2D eigenvalue weighted by Crippen LogP contribution is 2.06. The minimum atomic E-state index is -0.284. The number of hydrogen-bond donors (Lipinski definition) is 1. The molecule has 0 unspecified atom stereocenters. The molecule has 21 heavy (non-hydrogen) atoms. The standard InChI is InChI=1S/C9H10O2.C8H9NO/c1-7-4-3-5-8(6-7)9(10)11-2;1-7-2-4-8(5-3-7)9-6-10/h3-6H,1-2H3;2-6H,1H3,(H,9,10). The minimum absolute atomic E-state index is 0.284. The summed E-state index contributed by atoms with van der Waals surface area (Å²) in [5.41, 5.74) is 3.69. The van der Waals surface area contributed by atoms with Gasteiger partial charge >= 0.3 is 5.97 Å². The molecule has 2 rings (SSSR count). The predicted molar refractivity (Wildman–Crippen MR) is 83.4 cm³/mol. The number of carbonyl (C=O) groups is 2. The molecule has 0 heterocycles. The van der Waals surface area contributed by atoms with Crippen molar-refractivity contribution in [2.75, 3.05) is 12.4 Å². The van der Waals surface area contributed by atoms with Gasteiger partial charge in [0, 0.05) is 5.69 Å². The van der Waals surface area contributed by atoms with Crippen molar-refractivity contribution in [2.45, 2.75) is 13.8 Å². The van der Waals surface area contributed by atoms with Gasteiger partial charge in [-0.15, -0.1) is 0 Å². The molecule has 1 N–H and O–H groups in total. The number of aryl methyl sites for hydroxylation is 2. The van der Waals surface area contributed by atoms with Gasteiger partial charge in [0.1, 0.15) is 0 Å². The molecule has 0 saturated carbocycles. The summed E-state index contributed by atoms with van der Waals surface area (Å²) in [6.07, 6.45) is 0.671. The highest BCUT2D eigenvalue weighted by molar-refractivity contribution is 5.89. The van der Waals surface area contributed by atoms with Gasteiger partial charge in [-0.2, -0.15) is 0 Å². The Bertz CT molecular complexity index is 591. The fourth-order valence-corrected chi connectivity index (χ4v) is 1.61. The number of anilines is 1. The van der Waals surface area contributed by atoms with Crippen LogP contribution in [0.2, 0.25) is 0 Å². The van der Waals surface area contributed by atoms with E-state index in [4.69, 9.17) is 0 Å². The highest BCUT2D eigenvalue weighted by atomic mass is 16.5. The first-order valence-electron chi connectivity index (χ1n) is 6.48. The monoisotopic (exact) mass is 285 g/mol. The molecule has 0 spiro atoms. The molecule has 0 aliphatic rings. The zero-order valence-electron chi connectivity index (χ0n) is 12.4. The third-order valence-electron chi connectivity index (χ3n) is 2.72. The Hall–Kier alpha value is -2.62. The largest absolute Gasteiger partial charge is 0.465 e. The van der Waals surface area contributed by atoms with E-state index in [-0.39, 0.29) is 5.97 Å². The average Bonchev–Trinajstić information content (AvgIpc) is 2.50. The summed E-state index contributed by atoms with van der Waals surface area (Å²) >= 11 is 0. The average molecular weight is 285 g/mol. The SMILES string of the molecule is COC(=O)c1cccc(C)c1.Cc1ccc(NC=O)cc1. The number of nitrogens with one attached hydrogen (secondary N) is 1. The van der Waals surface area contributed by atoms with Crippen LogP contribution in [0.25, 0.3) is 0 Å². The summed E-state index contributed by atoms with van der Waals surface area (Å²) in [7, 11) is 1.38. The molecular weight excluding hydrogens is 266 g/mol. The summed E-state index contributed by atoms with van der Waals surface area (Å²) in [6.45, 7) is 3.94. The predicted octanol–water partition coefficient (Wildman–Crippen LogP) is 3.34. The van der Waals surface area contributed by atoms with E-state index in [9.17, 15) is 9.59 Å². The number of rotatable bonds is 3. The Balaban J connectivity index is 0.000000211. The van der Waals surface area contributed by atoms with E-state index in [1.807, 2.05) is 50.2 Å². The van der Waals surface area contributed by atoms with Crippen molar-refractivity contribution in [1.82, 2.24) is 0 Å². The Morgan fingerprint density at radius 1 is 1.05 bits per heavy atom. The van der Waals surface area contributed by atoms with Crippen molar-refractivity contribution in [3.8, 4) is 0 Å². The van der Waals surface area contributed by atoms with Gasteiger partial charge < -0.3 is 10.1 Å². The van der Waals surface area contributed by atoms with Crippen LogP contribution in [0.5, 0.6) is 0 Å². The maximum absolute atomic E-state index is 10.9. The van der Waals surface area contributed by atoms with Crippen LogP contribution < -0.4 is 5.32 Å². The molecule has 0 aliphatic heterocycles. The fraction of sp³-hybridized carbons (Fsp3) is 0.176. The molecule has 0 saturated heterocycles. The Labute approximate surface area is 124 Å². The van der Waals surface area contributed by atoms with Crippen LogP contribution in [0.15, 0.2) is 48.5 Å². The second kappa shape index (κ2) is 8.53. The van der Waals surface area contributed by atoms with Gasteiger partial charge in [0.2, 0.25) is 6.41 Å². The summed E-state index contributed by atoms with van der Waals surface area (Å²) in [5.74, 6) is -0.284. The second-order valence-electron chi connectivity index (χ2n) is 4.49. The molecule has 2 aromatic rings. The topological polar surface area (TPSA) is 55.4 Å². The fourth-order valence-electron chi connectivity index (χ4n) is 1.61. The number of esters is 1. The molecule has 110 valence electrons. The smallest absolute Gasteiger partial charge is 0.337 e. The molecule has 0 bridgehead atoms. The second-order valence-corrected chi connectivity index (χ2v) is 4.49. The van der Waals surface area contributed by atoms with Crippen molar-refractivity contribution in [3.05, 3.63) is 65.2 Å². The third-order valence-corrected chi connectivity index (χ3v) is 2.72. The third kappa shape index (κ3) is 5.91.